The molecule has 1 aliphatic heterocycles. The Balaban J connectivity index is 1.10. The third-order valence-corrected chi connectivity index (χ3v) is 7.23. The number of hydrogen-bond acceptors (Lipinski definition) is 4. The van der Waals surface area contributed by atoms with Crippen molar-refractivity contribution >= 4 is 11.6 Å². The highest BCUT2D eigenvalue weighted by Gasteiger charge is 2.71. The Morgan fingerprint density at radius 2 is 2.06 bits per heavy atom. The molecule has 1 saturated carbocycles. The number of aryl methyl sites for hydroxylation is 1. The standard InChI is InChI=1S/C23H23F3N6O/c1-30-12-27-21-19(4-5-20(21)30)29-22(33)14-7-28-32(9-14)8-13-2-3-15(6-18(13)24)31-10-16-17(11-31)23(16,25)26/h2-3,6-7,9,12,16-17,19H,4-5,8,10-11H2,1H3,(H,29,33)/t16?,17?,19-/m1/s1. The highest BCUT2D eigenvalue weighted by molar-refractivity contribution is 5.94. The SMILES string of the molecule is Cn1cnc2c1CC[C@H]2NC(=O)c1cnn(Cc2ccc(N3CC4C(C3)C4(F)F)cc2F)c1. The zero-order valence-electron chi connectivity index (χ0n) is 18.0. The molecule has 0 spiro atoms. The van der Waals surface area contributed by atoms with Crippen molar-refractivity contribution in [3.63, 3.8) is 0 Å². The van der Waals surface area contributed by atoms with Crippen LogP contribution in [0.5, 0.6) is 0 Å². The minimum Gasteiger partial charge on any atom is -0.370 e. The van der Waals surface area contributed by atoms with E-state index in [4.69, 9.17) is 0 Å². The van der Waals surface area contributed by atoms with Crippen molar-refractivity contribution in [2.75, 3.05) is 18.0 Å². The number of piperidine rings is 1. The number of amides is 1. The van der Waals surface area contributed by atoms with E-state index in [9.17, 15) is 18.0 Å². The van der Waals surface area contributed by atoms with Crippen LogP contribution in [0, 0.1) is 17.7 Å². The molecule has 1 saturated heterocycles. The highest BCUT2D eigenvalue weighted by Crippen LogP contribution is 2.59. The summed E-state index contributed by atoms with van der Waals surface area (Å²) in [6.45, 7) is 0.681. The summed E-state index contributed by atoms with van der Waals surface area (Å²) >= 11 is 0. The van der Waals surface area contributed by atoms with E-state index in [2.05, 4.69) is 15.4 Å². The van der Waals surface area contributed by atoms with Crippen LogP contribution in [0.1, 0.15) is 39.8 Å². The van der Waals surface area contributed by atoms with Gasteiger partial charge in [-0.25, -0.2) is 18.2 Å². The third-order valence-electron chi connectivity index (χ3n) is 7.23. The number of carbonyl (C=O) groups is 1. The molecule has 3 atom stereocenters. The Morgan fingerprint density at radius 3 is 2.82 bits per heavy atom. The minimum absolute atomic E-state index is 0.126. The summed E-state index contributed by atoms with van der Waals surface area (Å²) in [6.07, 6.45) is 6.48. The van der Waals surface area contributed by atoms with E-state index in [0.29, 0.717) is 16.8 Å². The number of anilines is 1. The molecule has 10 heteroatoms. The fraction of sp³-hybridized carbons (Fsp3) is 0.435. The molecule has 1 N–H and O–H groups in total. The number of nitrogens with zero attached hydrogens (tertiary/aromatic N) is 5. The topological polar surface area (TPSA) is 68.0 Å². The zero-order valence-corrected chi connectivity index (χ0v) is 18.0. The van der Waals surface area contributed by atoms with Gasteiger partial charge in [0, 0.05) is 43.3 Å². The van der Waals surface area contributed by atoms with Crippen LogP contribution in [-0.2, 0) is 20.0 Å². The van der Waals surface area contributed by atoms with Crippen molar-refractivity contribution in [3.8, 4) is 0 Å². The van der Waals surface area contributed by atoms with Gasteiger partial charge in [0.1, 0.15) is 5.82 Å². The van der Waals surface area contributed by atoms with Gasteiger partial charge in [0.05, 0.1) is 48.2 Å². The van der Waals surface area contributed by atoms with Crippen LogP contribution in [-0.4, -0.2) is 44.3 Å². The van der Waals surface area contributed by atoms with Crippen molar-refractivity contribution in [1.82, 2.24) is 24.6 Å². The number of nitrogens with one attached hydrogen (secondary N) is 1. The largest absolute Gasteiger partial charge is 0.370 e. The normalized spacial score (nSPS) is 24.6. The van der Waals surface area contributed by atoms with Gasteiger partial charge in [-0.3, -0.25) is 9.48 Å². The number of carbonyl (C=O) groups excluding carboxylic acids is 1. The van der Waals surface area contributed by atoms with Gasteiger partial charge < -0.3 is 14.8 Å². The predicted octanol–water partition coefficient (Wildman–Crippen LogP) is 2.92. The van der Waals surface area contributed by atoms with Crippen molar-refractivity contribution < 1.29 is 18.0 Å². The van der Waals surface area contributed by atoms with Crippen LogP contribution in [0.3, 0.4) is 0 Å². The summed E-state index contributed by atoms with van der Waals surface area (Å²) in [5, 5.41) is 7.21. The third kappa shape index (κ3) is 3.30. The van der Waals surface area contributed by atoms with Crippen molar-refractivity contribution in [1.29, 1.82) is 0 Å². The maximum absolute atomic E-state index is 14.7. The number of halogens is 3. The van der Waals surface area contributed by atoms with E-state index < -0.39 is 23.6 Å². The number of fused-ring (bicyclic) bond motifs is 2. The van der Waals surface area contributed by atoms with Crippen molar-refractivity contribution in [2.24, 2.45) is 18.9 Å². The van der Waals surface area contributed by atoms with E-state index in [1.165, 1.54) is 16.9 Å². The summed E-state index contributed by atoms with van der Waals surface area (Å²) in [6, 6.07) is 4.66. The van der Waals surface area contributed by atoms with Crippen molar-refractivity contribution in [2.45, 2.75) is 31.4 Å². The summed E-state index contributed by atoms with van der Waals surface area (Å²) < 4.78 is 45.0. The first kappa shape index (κ1) is 20.3. The van der Waals surface area contributed by atoms with Crippen LogP contribution in [0.25, 0.3) is 0 Å². The number of aromatic nitrogens is 4. The lowest BCUT2D eigenvalue weighted by molar-refractivity contribution is 0.0797. The highest BCUT2D eigenvalue weighted by atomic mass is 19.3. The Kier molecular flexibility index (Phi) is 4.37. The van der Waals surface area contributed by atoms with E-state index in [1.54, 1.807) is 24.7 Å². The molecule has 1 aromatic carbocycles. The Labute approximate surface area is 188 Å². The average Bonchev–Trinajstić information content (AvgIpc) is 3.41. The molecule has 0 radical (unpaired) electrons. The molecule has 2 fully saturated rings. The second-order valence-electron chi connectivity index (χ2n) is 9.25. The summed E-state index contributed by atoms with van der Waals surface area (Å²) in [5.74, 6) is -4.44. The molecule has 172 valence electrons. The van der Waals surface area contributed by atoms with Gasteiger partial charge in [-0.1, -0.05) is 6.07 Å². The van der Waals surface area contributed by atoms with Gasteiger partial charge in [-0.2, -0.15) is 5.10 Å². The van der Waals surface area contributed by atoms with E-state index in [0.717, 1.165) is 24.2 Å². The van der Waals surface area contributed by atoms with Crippen LogP contribution in [0.15, 0.2) is 36.9 Å². The minimum atomic E-state index is -2.56. The Hall–Kier alpha value is -3.30. The molecule has 6 rings (SSSR count). The van der Waals surface area contributed by atoms with Crippen LogP contribution < -0.4 is 10.2 Å². The molecular formula is C23H23F3N6O. The Bertz CT molecular complexity index is 1240. The van der Waals surface area contributed by atoms with Gasteiger partial charge in [0.15, 0.2) is 0 Å². The van der Waals surface area contributed by atoms with Gasteiger partial charge in [-0.15, -0.1) is 0 Å². The lowest BCUT2D eigenvalue weighted by Gasteiger charge is -2.22. The second-order valence-corrected chi connectivity index (χ2v) is 9.25. The number of imidazole rings is 1. The number of alkyl halides is 2. The number of hydrogen-bond donors (Lipinski definition) is 1. The summed E-state index contributed by atoms with van der Waals surface area (Å²) in [7, 11) is 1.94. The van der Waals surface area contributed by atoms with Crippen LogP contribution >= 0.6 is 0 Å². The zero-order chi connectivity index (χ0) is 22.9. The molecule has 2 unspecified atom stereocenters. The lowest BCUT2D eigenvalue weighted by Crippen LogP contribution is -2.27. The molecule has 0 bridgehead atoms. The average molecular weight is 456 g/mol. The smallest absolute Gasteiger partial charge is 0.258 e. The molecule has 7 nitrogen and oxygen atoms in total. The molecule has 3 aliphatic rings. The molecule has 2 aromatic heterocycles. The molecule has 1 amide bonds. The molecule has 33 heavy (non-hydrogen) atoms. The maximum atomic E-state index is 14.7. The quantitative estimate of drug-likeness (QED) is 0.641. The Morgan fingerprint density at radius 1 is 1.27 bits per heavy atom. The van der Waals surface area contributed by atoms with Crippen LogP contribution in [0.4, 0.5) is 18.9 Å². The lowest BCUT2D eigenvalue weighted by atomic mass is 10.1. The maximum Gasteiger partial charge on any atom is 0.258 e. The van der Waals surface area contributed by atoms with Gasteiger partial charge in [0.2, 0.25) is 0 Å². The summed E-state index contributed by atoms with van der Waals surface area (Å²) in [5.41, 5.74) is 3.46. The van der Waals surface area contributed by atoms with Gasteiger partial charge in [0.25, 0.3) is 11.8 Å². The number of benzene rings is 1. The van der Waals surface area contributed by atoms with Crippen molar-refractivity contribution in [3.05, 3.63) is 65.3 Å². The van der Waals surface area contributed by atoms with Gasteiger partial charge >= 0.3 is 0 Å². The molecule has 3 aromatic rings. The monoisotopic (exact) mass is 456 g/mol. The fourth-order valence-corrected chi connectivity index (χ4v) is 5.19. The first-order chi connectivity index (χ1) is 15.8. The molecule has 2 aliphatic carbocycles. The number of rotatable bonds is 5. The first-order valence-electron chi connectivity index (χ1n) is 11.1. The fourth-order valence-electron chi connectivity index (χ4n) is 5.19. The van der Waals surface area contributed by atoms with Gasteiger partial charge in [-0.05, 0) is 25.0 Å². The molecule has 3 heterocycles. The molecular weight excluding hydrogens is 433 g/mol. The summed E-state index contributed by atoms with van der Waals surface area (Å²) in [4.78, 5) is 18.9. The first-order valence-corrected chi connectivity index (χ1v) is 11.1. The predicted molar refractivity (Wildman–Crippen MR) is 114 cm³/mol. The van der Waals surface area contributed by atoms with E-state index >= 15 is 0 Å². The van der Waals surface area contributed by atoms with E-state index in [-0.39, 0.29) is 31.6 Å². The van der Waals surface area contributed by atoms with E-state index in [1.807, 2.05) is 16.5 Å². The second kappa shape index (κ2) is 7.10. The van der Waals surface area contributed by atoms with Crippen LogP contribution in [0.2, 0.25) is 0 Å².